The zero-order valence-corrected chi connectivity index (χ0v) is 77.8. The van der Waals surface area contributed by atoms with Crippen LogP contribution in [0.4, 0.5) is 8.78 Å². The Morgan fingerprint density at radius 1 is 0.443 bits per heavy atom. The molecule has 0 aromatic carbocycles. The van der Waals surface area contributed by atoms with Gasteiger partial charge < -0.3 is 59.7 Å². The summed E-state index contributed by atoms with van der Waals surface area (Å²) >= 11 is 0. The molecule has 0 aromatic heterocycles. The van der Waals surface area contributed by atoms with Gasteiger partial charge in [-0.15, -0.1) is 0 Å². The van der Waals surface area contributed by atoms with E-state index in [1.54, 1.807) is 0 Å². The van der Waals surface area contributed by atoms with Gasteiger partial charge in [-0.2, -0.15) is 0 Å². The summed E-state index contributed by atoms with van der Waals surface area (Å²) in [7, 11) is 15.4. The van der Waals surface area contributed by atoms with E-state index in [0.29, 0.717) is 18.2 Å². The van der Waals surface area contributed by atoms with Crippen LogP contribution in [0.2, 0.25) is 0 Å². The van der Waals surface area contributed by atoms with Gasteiger partial charge in [0.15, 0.2) is 0 Å². The summed E-state index contributed by atoms with van der Waals surface area (Å²) in [6.07, 6.45) is 21.8. The minimum Gasteiger partial charge on any atom is -0.387 e. The maximum atomic E-state index is 11.3. The van der Waals surface area contributed by atoms with E-state index in [2.05, 4.69) is 265 Å². The van der Waals surface area contributed by atoms with Crippen LogP contribution in [0.25, 0.3) is 0 Å². The van der Waals surface area contributed by atoms with Crippen LogP contribution in [0.3, 0.4) is 0 Å². The van der Waals surface area contributed by atoms with Gasteiger partial charge in [-0.3, -0.25) is 0 Å². The molecule has 638 valence electrons. The number of rotatable bonds is 16. The number of alkyl halides is 2. The minimum atomic E-state index is -2.22. The fourth-order valence-corrected chi connectivity index (χ4v) is 16.1. The van der Waals surface area contributed by atoms with E-state index >= 15 is 0 Å². The van der Waals surface area contributed by atoms with Crippen molar-refractivity contribution in [2.45, 2.75) is 351 Å². The molecular weight excluding hydrogens is 1320 g/mol. The highest BCUT2D eigenvalue weighted by molar-refractivity contribution is 4.88. The number of ether oxygens (including phenoxy) is 2. The number of piperidine rings is 3. The predicted molar refractivity (Wildman–Crippen MR) is 469 cm³/mol. The van der Waals surface area contributed by atoms with Crippen LogP contribution in [-0.2, 0) is 9.47 Å². The highest BCUT2D eigenvalue weighted by Gasteiger charge is 2.29. The smallest absolute Gasteiger partial charge is 0.250 e. The summed E-state index contributed by atoms with van der Waals surface area (Å²) in [4.78, 5) is 16.9. The number of hydrogen-bond acceptors (Lipinski definition) is 12. The Hall–Kier alpha value is -1.46. The molecule has 8 atom stereocenters. The number of allylic oxidation sites excluding steroid dienone is 2. The van der Waals surface area contributed by atoms with E-state index in [9.17, 15) is 8.78 Å². The molecule has 9 rings (SSSR count). The van der Waals surface area contributed by atoms with Crippen LogP contribution >= 0.6 is 0 Å². The molecule has 9 fully saturated rings. The maximum absolute atomic E-state index is 11.3. The van der Waals surface area contributed by atoms with Crippen LogP contribution in [0.15, 0.2) is 24.6 Å². The molecule has 9 aliphatic rings. The van der Waals surface area contributed by atoms with Gasteiger partial charge in [0.2, 0.25) is 0 Å². The molecule has 0 saturated carbocycles. The van der Waals surface area contributed by atoms with Crippen LogP contribution in [0.5, 0.6) is 0 Å². The predicted octanol–water partition coefficient (Wildman–Crippen LogP) is 21.3. The highest BCUT2D eigenvalue weighted by Crippen LogP contribution is 2.29. The highest BCUT2D eigenvalue weighted by atomic mass is 19.3. The lowest BCUT2D eigenvalue weighted by atomic mass is 9.87. The van der Waals surface area contributed by atoms with Crippen molar-refractivity contribution in [3.05, 3.63) is 24.6 Å². The van der Waals surface area contributed by atoms with Crippen molar-refractivity contribution in [3.8, 4) is 0 Å². The van der Waals surface area contributed by atoms with E-state index in [4.69, 9.17) is 9.47 Å². The monoisotopic (exact) mass is 1510 g/mol. The third kappa shape index (κ3) is 56.7. The molecule has 0 spiro atoms. The topological polar surface area (TPSA) is 77.2 Å². The zero-order valence-electron chi connectivity index (χ0n) is 77.8. The lowest BCUT2D eigenvalue weighted by molar-refractivity contribution is 0.0523. The van der Waals surface area contributed by atoms with Gasteiger partial charge in [0.1, 0.15) is 0 Å². The van der Waals surface area contributed by atoms with Crippen molar-refractivity contribution in [3.63, 3.8) is 0 Å². The van der Waals surface area contributed by atoms with E-state index in [1.807, 2.05) is 34.7 Å². The van der Waals surface area contributed by atoms with E-state index < -0.39 is 6.43 Å². The van der Waals surface area contributed by atoms with Crippen LogP contribution < -0.4 is 16.0 Å². The van der Waals surface area contributed by atoms with Gasteiger partial charge in [0, 0.05) is 93.6 Å². The molecule has 0 bridgehead atoms. The molecule has 0 aromatic rings. The second-order valence-corrected chi connectivity index (χ2v) is 38.0. The lowest BCUT2D eigenvalue weighted by Gasteiger charge is -2.31. The van der Waals surface area contributed by atoms with E-state index in [1.165, 1.54) is 175 Å². The Labute approximate surface area is 664 Å². The zero-order chi connectivity index (χ0) is 81.9. The second kappa shape index (κ2) is 63.9. The summed E-state index contributed by atoms with van der Waals surface area (Å²) in [5.74, 6) is 12.3. The molecule has 14 heteroatoms. The van der Waals surface area contributed by atoms with Crippen molar-refractivity contribution in [2.24, 2.45) is 82.9 Å². The van der Waals surface area contributed by atoms with Gasteiger partial charge in [0.25, 0.3) is 6.43 Å². The maximum Gasteiger partial charge on any atom is 0.250 e. The average Bonchev–Trinajstić information content (AvgIpc) is 1.75. The summed E-state index contributed by atoms with van der Waals surface area (Å²) < 4.78 is 33.3. The van der Waals surface area contributed by atoms with Gasteiger partial charge in [-0.05, 0) is 328 Å². The molecule has 0 aliphatic carbocycles. The molecule has 4 unspecified atom stereocenters. The Balaban J connectivity index is -0.00000109. The fraction of sp³-hybridized carbons (Fsp3) is 0.957. The summed E-state index contributed by atoms with van der Waals surface area (Å²) in [6.45, 7) is 83.2. The van der Waals surface area contributed by atoms with E-state index in [0.717, 1.165) is 138 Å². The van der Waals surface area contributed by atoms with Crippen molar-refractivity contribution in [2.75, 3.05) is 141 Å². The Bertz CT molecular complexity index is 1890. The first-order valence-corrected chi connectivity index (χ1v) is 44.3. The van der Waals surface area contributed by atoms with Gasteiger partial charge in [0.05, 0.1) is 12.6 Å². The summed E-state index contributed by atoms with van der Waals surface area (Å²) in [5.41, 5.74) is 2.16. The SMILES string of the molecule is C=C(C)N(C)C(C)C.C=C(C)NC(C)C.CC(C)C1CCCN(C)C1.CC(C)C1CCCN1C.CC(C)C1CCCNC1.CC(C)C1CCCO1.CC(C)C1CCN(C)CC1.CC(C)C1CCOCC1.CC(C)NCC(F)F.CC(C)[C@@H]1CCCN1C.CC(C)[C@H]1CCCN1C.CC(C)[C@H]1C[C@@H](C)CN1C. The standard InChI is InChI=1S/3C9H19N.4C8H17N.C8H16O.C7H15N.C7H14O.C6H13N.C5H11F2N/c1-7(2)9-5-8(3)6-10(9)4;1-8(2)9-4-6-10(3)7-5-9;1-8(2)9-5-4-6-10(3)7-9;3*1-7(2)8-5-4-6-9(8)3;1-7(2)8-4-3-5-9-6-8;1-7(2)8-3-5-9-6-4-8;1-6(2)8(5)7(3)4;1-6(2)7-4-3-5-8-7;1-5(2)7-6(3)4;1-4(2)8-3-5(6)7/h7-9H,5-6H2,1-4H3;2*8-9H,4-7H2,1-3H3;3*7-8H,4-6H2,1-3H3;7-9H,3-6H2,1-2H3;7-8H,3-6H2,1-2H3;7H,1H2,2-5H3;6-7H,3-5H2,1-2H3;6-7H,1H2,2-4H3;4-5,8H,3H2,1-2H3/t8-,9-;;;2*8-;;;;;;;/m1..10......./s1. The Morgan fingerprint density at radius 3 is 1.07 bits per heavy atom. The van der Waals surface area contributed by atoms with Crippen molar-refractivity contribution in [1.29, 1.82) is 0 Å². The summed E-state index contributed by atoms with van der Waals surface area (Å²) in [5, 5.41) is 9.12. The van der Waals surface area contributed by atoms with Crippen molar-refractivity contribution < 1.29 is 18.3 Å². The first kappa shape index (κ1) is 109. The third-order valence-electron chi connectivity index (χ3n) is 23.7. The molecule has 12 nitrogen and oxygen atoms in total. The Morgan fingerprint density at radius 2 is 0.868 bits per heavy atom. The second-order valence-electron chi connectivity index (χ2n) is 38.0. The summed E-state index contributed by atoms with van der Waals surface area (Å²) in [6, 6.07) is 4.70. The first-order chi connectivity index (χ1) is 49.4. The molecule has 9 heterocycles. The molecule has 106 heavy (non-hydrogen) atoms. The Kier molecular flexibility index (Phi) is 65.5. The number of likely N-dealkylation sites (tertiary alicyclic amines) is 6. The molecule has 3 N–H and O–H groups in total. The first-order valence-electron chi connectivity index (χ1n) is 44.3. The quantitative estimate of drug-likeness (QED) is 0.138. The molecule has 0 radical (unpaired) electrons. The normalized spacial score (nSPS) is 24.9. The van der Waals surface area contributed by atoms with Crippen molar-refractivity contribution >= 4 is 0 Å². The average molecular weight is 1510 g/mol. The largest absolute Gasteiger partial charge is 0.387 e. The number of halogens is 2. The van der Waals surface area contributed by atoms with Gasteiger partial charge in [-0.25, -0.2) is 8.78 Å². The molecule has 9 aliphatic heterocycles. The van der Waals surface area contributed by atoms with E-state index in [-0.39, 0.29) is 12.6 Å². The number of nitrogens with one attached hydrogen (secondary N) is 3. The molecular formula is C92H194F2N10O2. The minimum absolute atomic E-state index is 0.156. The van der Waals surface area contributed by atoms with Crippen LogP contribution in [0, 0.1) is 82.9 Å². The van der Waals surface area contributed by atoms with Crippen LogP contribution in [0.1, 0.15) is 296 Å². The molecule has 9 saturated heterocycles. The van der Waals surface area contributed by atoms with Crippen molar-refractivity contribution in [1.82, 2.24) is 50.2 Å². The van der Waals surface area contributed by atoms with Gasteiger partial charge in [-0.1, -0.05) is 159 Å². The number of nitrogens with zero attached hydrogens (tertiary/aromatic N) is 7. The number of hydrogen-bond donors (Lipinski definition) is 3. The van der Waals surface area contributed by atoms with Gasteiger partial charge >= 0.3 is 0 Å². The van der Waals surface area contributed by atoms with Crippen LogP contribution in [-0.4, -0.2) is 230 Å². The fourth-order valence-electron chi connectivity index (χ4n) is 16.1. The molecule has 0 amide bonds. The third-order valence-corrected chi connectivity index (χ3v) is 23.7. The lowest BCUT2D eigenvalue weighted by Crippen LogP contribution is -2.34.